The van der Waals surface area contributed by atoms with Crippen molar-refractivity contribution in [2.75, 3.05) is 57.5 Å². The number of likely N-dealkylation sites (N-methyl/N-ethyl adjacent to an activating group) is 1. The number of nitrogens with zero attached hydrogens (tertiary/aromatic N) is 5. The van der Waals surface area contributed by atoms with Gasteiger partial charge in [-0.25, -0.2) is 4.79 Å². The van der Waals surface area contributed by atoms with Gasteiger partial charge in [-0.2, -0.15) is 16.8 Å². The third-order valence-corrected chi connectivity index (χ3v) is 13.0. The Bertz CT molecular complexity index is 2700. The van der Waals surface area contributed by atoms with Gasteiger partial charge in [-0.1, -0.05) is 57.4 Å². The van der Waals surface area contributed by atoms with Gasteiger partial charge in [0.15, 0.2) is 6.23 Å². The van der Waals surface area contributed by atoms with Crippen LogP contribution in [0.1, 0.15) is 87.4 Å². The SMILES string of the molecule is CCN1/C(=C/C=C/C(=NCCCCCC(=O)NCCNC(=O)c2cccc(OCC(N=[N+]=[N-])OCCOCC(=O)O)c2)C(C)(C)c2cc(S(=O)(=O)O)ccc2C)C(C)(C)c2cc(S(=O)(=O)O)ccc21. The first-order chi connectivity index (χ1) is 32.5. The van der Waals surface area contributed by atoms with Crippen molar-refractivity contribution in [3.63, 3.8) is 0 Å². The van der Waals surface area contributed by atoms with E-state index in [2.05, 4.69) is 25.6 Å². The van der Waals surface area contributed by atoms with Crippen molar-refractivity contribution >= 4 is 49.4 Å². The van der Waals surface area contributed by atoms with E-state index in [-0.39, 0.29) is 60.6 Å². The van der Waals surface area contributed by atoms with Crippen LogP contribution < -0.4 is 20.3 Å². The number of carbonyl (C=O) groups is 3. The van der Waals surface area contributed by atoms with Gasteiger partial charge in [0.1, 0.15) is 19.0 Å². The van der Waals surface area contributed by atoms with Gasteiger partial charge in [-0.05, 0) is 110 Å². The zero-order valence-electron chi connectivity index (χ0n) is 39.5. The maximum absolute atomic E-state index is 12.8. The molecule has 22 heteroatoms. The number of carboxylic acids is 1. The topological polar surface area (TPSA) is 296 Å². The molecule has 20 nitrogen and oxygen atoms in total. The van der Waals surface area contributed by atoms with E-state index < -0.39 is 55.8 Å². The maximum atomic E-state index is 12.8. The lowest BCUT2D eigenvalue weighted by molar-refractivity contribution is -0.143. The summed E-state index contributed by atoms with van der Waals surface area (Å²) in [5.41, 5.74) is 12.1. The van der Waals surface area contributed by atoms with Crippen molar-refractivity contribution < 1.29 is 59.6 Å². The second kappa shape index (κ2) is 24.9. The predicted molar refractivity (Wildman–Crippen MR) is 259 cm³/mol. The second-order valence-electron chi connectivity index (χ2n) is 17.0. The van der Waals surface area contributed by atoms with E-state index in [1.165, 1.54) is 30.3 Å². The standard InChI is InChI=1S/C47H61N7O13S2/c1-7-54-39-21-20-36(69(62,63)64)29-38(39)47(5,6)41(54)16-12-15-40(46(3,4)37-28-35(68(59,60)61)19-18-32(37)2)49-22-10-8-9-17-42(55)50-23-24-51-45(58)33-13-11-14-34(27-33)67-30-43(52-53-48)66-26-25-65-31-44(56)57/h11-16,18-21,27-29,43H,7-10,17,22-26,30-31H2,1-6H3,(H,50,55)(H,51,58)(H,56,57)(H,59,60,61)(H,62,63,64)/b15-12+,41-16+,49-40?. The molecule has 2 amide bonds. The average molecular weight is 996 g/mol. The molecule has 0 fully saturated rings. The van der Waals surface area contributed by atoms with Crippen molar-refractivity contribution in [1.29, 1.82) is 0 Å². The molecule has 3 aromatic carbocycles. The number of azide groups is 1. The molecule has 3 aromatic rings. The largest absolute Gasteiger partial charge is 0.491 e. The van der Waals surface area contributed by atoms with E-state index in [1.807, 2.05) is 59.8 Å². The highest BCUT2D eigenvalue weighted by Crippen LogP contribution is 2.48. The minimum Gasteiger partial charge on any atom is -0.491 e. The van der Waals surface area contributed by atoms with Gasteiger partial charge < -0.3 is 34.9 Å². The number of hydrogen-bond acceptors (Lipinski definition) is 13. The van der Waals surface area contributed by atoms with E-state index in [0.717, 1.165) is 22.5 Å². The van der Waals surface area contributed by atoms with Crippen LogP contribution in [0.2, 0.25) is 0 Å². The van der Waals surface area contributed by atoms with Crippen molar-refractivity contribution in [1.82, 2.24) is 10.6 Å². The molecule has 0 saturated carbocycles. The number of fused-ring (bicyclic) bond motifs is 1. The average Bonchev–Trinajstić information content (AvgIpc) is 3.50. The van der Waals surface area contributed by atoms with Gasteiger partial charge >= 0.3 is 5.97 Å². The fourth-order valence-corrected chi connectivity index (χ4v) is 8.74. The van der Waals surface area contributed by atoms with Gasteiger partial charge in [-0.3, -0.25) is 23.7 Å². The number of benzene rings is 3. The zero-order chi connectivity index (χ0) is 51.0. The first-order valence-electron chi connectivity index (χ1n) is 22.2. The summed E-state index contributed by atoms with van der Waals surface area (Å²) in [6.07, 6.45) is 6.74. The van der Waals surface area contributed by atoms with Crippen LogP contribution in [0.3, 0.4) is 0 Å². The summed E-state index contributed by atoms with van der Waals surface area (Å²) in [6, 6.07) is 15.3. The van der Waals surface area contributed by atoms with E-state index in [1.54, 1.807) is 30.3 Å². The highest BCUT2D eigenvalue weighted by Gasteiger charge is 2.40. The first-order valence-corrected chi connectivity index (χ1v) is 25.0. The monoisotopic (exact) mass is 995 g/mol. The number of rotatable bonds is 27. The number of ether oxygens (including phenoxy) is 3. The fraction of sp³-hybridized carbons (Fsp3) is 0.447. The van der Waals surface area contributed by atoms with E-state index in [9.17, 15) is 40.3 Å². The number of allylic oxidation sites excluding steroid dienone is 4. The van der Waals surface area contributed by atoms with Crippen molar-refractivity contribution in [2.24, 2.45) is 10.1 Å². The van der Waals surface area contributed by atoms with Gasteiger partial charge in [0.25, 0.3) is 26.1 Å². The number of aliphatic imine (C=N–C) groups is 1. The van der Waals surface area contributed by atoms with Crippen molar-refractivity contribution in [3.05, 3.63) is 117 Å². The Morgan fingerprint density at radius 1 is 0.942 bits per heavy atom. The van der Waals surface area contributed by atoms with Crippen LogP contribution in [-0.4, -0.2) is 113 Å². The summed E-state index contributed by atoms with van der Waals surface area (Å²) in [6.45, 7) is 12.2. The molecule has 0 radical (unpaired) electrons. The molecule has 0 saturated heterocycles. The molecule has 0 spiro atoms. The number of unbranched alkanes of at least 4 members (excludes halogenated alkanes) is 2. The van der Waals surface area contributed by atoms with Crippen molar-refractivity contribution in [3.8, 4) is 5.75 Å². The highest BCUT2D eigenvalue weighted by atomic mass is 32.2. The predicted octanol–water partition coefficient (Wildman–Crippen LogP) is 6.70. The summed E-state index contributed by atoms with van der Waals surface area (Å²) >= 11 is 0. The number of nitrogens with one attached hydrogen (secondary N) is 2. The van der Waals surface area contributed by atoms with Crippen LogP contribution in [0.5, 0.6) is 5.75 Å². The lowest BCUT2D eigenvalue weighted by Crippen LogP contribution is -2.34. The van der Waals surface area contributed by atoms with Crippen LogP contribution in [-0.2, 0) is 50.1 Å². The minimum absolute atomic E-state index is 0.0360. The van der Waals surface area contributed by atoms with E-state index in [4.69, 9.17) is 29.8 Å². The molecule has 4 rings (SSSR count). The Morgan fingerprint density at radius 2 is 1.64 bits per heavy atom. The Morgan fingerprint density at radius 3 is 2.32 bits per heavy atom. The number of anilines is 1. The number of aryl methyl sites for hydroxylation is 1. The Labute approximate surface area is 403 Å². The molecular formula is C47H61N7O13S2. The Balaban J connectivity index is 1.33. The van der Waals surface area contributed by atoms with E-state index in [0.29, 0.717) is 49.4 Å². The molecule has 1 heterocycles. The summed E-state index contributed by atoms with van der Waals surface area (Å²) < 4.78 is 83.8. The Kier molecular flexibility index (Phi) is 20.0. The fourth-order valence-electron chi connectivity index (χ4n) is 7.73. The molecular weight excluding hydrogens is 935 g/mol. The quantitative estimate of drug-likeness (QED) is 0.0133. The summed E-state index contributed by atoms with van der Waals surface area (Å²) in [5.74, 6) is -1.42. The van der Waals surface area contributed by atoms with Crippen LogP contribution in [0.4, 0.5) is 5.69 Å². The maximum Gasteiger partial charge on any atom is 0.329 e. The molecule has 1 aliphatic heterocycles. The normalized spacial score (nSPS) is 14.9. The molecule has 69 heavy (non-hydrogen) atoms. The molecule has 0 aliphatic carbocycles. The van der Waals surface area contributed by atoms with Gasteiger partial charge in [0, 0.05) is 71.0 Å². The van der Waals surface area contributed by atoms with Crippen LogP contribution in [0.15, 0.2) is 104 Å². The highest BCUT2D eigenvalue weighted by molar-refractivity contribution is 7.86. The number of aliphatic carboxylic acids is 1. The summed E-state index contributed by atoms with van der Waals surface area (Å²) in [4.78, 5) is 45.4. The second-order valence-corrected chi connectivity index (χ2v) is 19.9. The van der Waals surface area contributed by atoms with Crippen LogP contribution >= 0.6 is 0 Å². The molecule has 1 aliphatic rings. The number of amides is 2. The van der Waals surface area contributed by atoms with Gasteiger partial charge in [-0.15, -0.1) is 0 Å². The number of carboxylic acid groups (broad SMARTS) is 1. The number of carbonyl (C=O) groups excluding carboxylic acids is 2. The lowest BCUT2D eigenvalue weighted by Gasteiger charge is -2.28. The molecule has 1 atom stereocenters. The first kappa shape index (κ1) is 55.5. The van der Waals surface area contributed by atoms with E-state index >= 15 is 0 Å². The number of hydrogen-bond donors (Lipinski definition) is 5. The molecule has 5 N–H and O–H groups in total. The van der Waals surface area contributed by atoms with Gasteiger partial charge in [0.2, 0.25) is 5.91 Å². The molecule has 374 valence electrons. The molecule has 0 aromatic heterocycles. The third kappa shape index (κ3) is 16.0. The molecule has 0 bridgehead atoms. The lowest BCUT2D eigenvalue weighted by atomic mass is 9.77. The van der Waals surface area contributed by atoms with Crippen molar-refractivity contribution in [2.45, 2.75) is 94.1 Å². The summed E-state index contributed by atoms with van der Waals surface area (Å²) in [5, 5.41) is 17.7. The van der Waals surface area contributed by atoms with Crippen LogP contribution in [0.25, 0.3) is 10.4 Å². The summed E-state index contributed by atoms with van der Waals surface area (Å²) in [7, 11) is -8.92. The minimum atomic E-state index is -4.49. The Hall–Kier alpha value is -6.13. The third-order valence-electron chi connectivity index (χ3n) is 11.3. The van der Waals surface area contributed by atoms with Crippen LogP contribution in [0, 0.1) is 6.92 Å². The molecule has 1 unspecified atom stereocenters. The van der Waals surface area contributed by atoms with Gasteiger partial charge in [0.05, 0.1) is 23.0 Å². The zero-order valence-corrected chi connectivity index (χ0v) is 41.2. The smallest absolute Gasteiger partial charge is 0.329 e.